The van der Waals surface area contributed by atoms with Crippen LogP contribution in [0.3, 0.4) is 0 Å². The molecule has 0 spiro atoms. The van der Waals surface area contributed by atoms with Crippen LogP contribution in [0.5, 0.6) is 0 Å². The van der Waals surface area contributed by atoms with Crippen molar-refractivity contribution in [1.82, 2.24) is 15.2 Å². The van der Waals surface area contributed by atoms with Crippen molar-refractivity contribution in [2.24, 2.45) is 5.10 Å². The minimum absolute atomic E-state index is 0.0663. The van der Waals surface area contributed by atoms with E-state index in [4.69, 9.17) is 0 Å². The Morgan fingerprint density at radius 2 is 2.07 bits per heavy atom. The fourth-order valence-corrected chi connectivity index (χ4v) is 3.90. The van der Waals surface area contributed by atoms with Gasteiger partial charge in [-0.15, -0.1) is 0 Å². The Kier molecular flexibility index (Phi) is 5.92. The summed E-state index contributed by atoms with van der Waals surface area (Å²) >= 11 is 0. The monoisotopic (exact) mass is 372 g/mol. The van der Waals surface area contributed by atoms with Crippen LogP contribution in [0.15, 0.2) is 35.4 Å². The predicted octanol–water partition coefficient (Wildman–Crippen LogP) is 1.08. The number of hydrazone groups is 1. The smallest absolute Gasteiger partial charge is 0.240 e. The topological polar surface area (TPSA) is 85.2 Å². The summed E-state index contributed by atoms with van der Waals surface area (Å²) in [6.45, 7) is 1.01. The third-order valence-electron chi connectivity index (χ3n) is 5.56. The largest absolute Gasteiger partial charge is 0.383 e. The predicted molar refractivity (Wildman–Crippen MR) is 103 cm³/mol. The Bertz CT molecular complexity index is 719. The number of piperidine rings is 1. The summed E-state index contributed by atoms with van der Waals surface area (Å²) in [7, 11) is 3.87. The molecule has 2 aliphatic heterocycles. The van der Waals surface area contributed by atoms with Crippen LogP contribution < -0.4 is 5.43 Å². The standard InChI is InChI=1S/C20H28N4O3/c1-23(2)17-14-24(13-12-20(17,27)15-6-4-3-5-7-15)19(26)11-9-16-8-10-18(25)22-21-16/h3-7,17,27H,8-14H2,1-2H3,(H,22,25)/t17-,20+/m1/s1. The van der Waals surface area contributed by atoms with Crippen LogP contribution in [0.4, 0.5) is 0 Å². The molecule has 2 heterocycles. The first kappa shape index (κ1) is 19.5. The molecule has 0 radical (unpaired) electrons. The van der Waals surface area contributed by atoms with Crippen LogP contribution >= 0.6 is 0 Å². The van der Waals surface area contributed by atoms with E-state index in [2.05, 4.69) is 10.5 Å². The molecule has 7 heteroatoms. The van der Waals surface area contributed by atoms with E-state index in [0.29, 0.717) is 45.2 Å². The van der Waals surface area contributed by atoms with Gasteiger partial charge in [0.05, 0.1) is 6.04 Å². The van der Waals surface area contributed by atoms with Gasteiger partial charge in [0.15, 0.2) is 0 Å². The lowest BCUT2D eigenvalue weighted by molar-refractivity contribution is -0.141. The number of carbonyl (C=O) groups is 2. The summed E-state index contributed by atoms with van der Waals surface area (Å²) in [5, 5.41) is 15.4. The van der Waals surface area contributed by atoms with Crippen molar-refractivity contribution in [2.75, 3.05) is 27.2 Å². The number of carbonyl (C=O) groups excluding carboxylic acids is 2. The molecule has 0 aliphatic carbocycles. The number of nitrogens with zero attached hydrogens (tertiary/aromatic N) is 3. The molecule has 7 nitrogen and oxygen atoms in total. The number of rotatable bonds is 5. The Morgan fingerprint density at radius 3 is 2.70 bits per heavy atom. The summed E-state index contributed by atoms with van der Waals surface area (Å²) in [6, 6.07) is 9.52. The zero-order valence-corrected chi connectivity index (χ0v) is 16.0. The van der Waals surface area contributed by atoms with Gasteiger partial charge in [-0.2, -0.15) is 5.10 Å². The summed E-state index contributed by atoms with van der Waals surface area (Å²) < 4.78 is 0. The summed E-state index contributed by atoms with van der Waals surface area (Å²) in [5.41, 5.74) is 3.26. The number of hydrogen-bond donors (Lipinski definition) is 2. The number of aliphatic hydroxyl groups is 1. The third-order valence-corrected chi connectivity index (χ3v) is 5.56. The van der Waals surface area contributed by atoms with Gasteiger partial charge in [0.1, 0.15) is 5.60 Å². The Morgan fingerprint density at radius 1 is 1.33 bits per heavy atom. The maximum Gasteiger partial charge on any atom is 0.240 e. The lowest BCUT2D eigenvalue weighted by atomic mass is 9.79. The molecule has 146 valence electrons. The molecule has 0 unspecified atom stereocenters. The summed E-state index contributed by atoms with van der Waals surface area (Å²) in [6.07, 6.45) is 2.49. The van der Waals surface area contributed by atoms with Gasteiger partial charge in [-0.05, 0) is 38.9 Å². The van der Waals surface area contributed by atoms with Gasteiger partial charge in [-0.25, -0.2) is 5.43 Å². The van der Waals surface area contributed by atoms with Gasteiger partial charge in [0.2, 0.25) is 11.8 Å². The van der Waals surface area contributed by atoms with Crippen molar-refractivity contribution in [1.29, 1.82) is 0 Å². The van der Waals surface area contributed by atoms with Crippen LogP contribution in [-0.4, -0.2) is 65.7 Å². The van der Waals surface area contributed by atoms with E-state index in [-0.39, 0.29) is 17.9 Å². The molecule has 1 saturated heterocycles. The first-order valence-corrected chi connectivity index (χ1v) is 9.46. The number of amides is 2. The van der Waals surface area contributed by atoms with E-state index in [1.165, 1.54) is 0 Å². The molecule has 0 aromatic heterocycles. The third kappa shape index (κ3) is 4.36. The van der Waals surface area contributed by atoms with Gasteiger partial charge in [0.25, 0.3) is 0 Å². The van der Waals surface area contributed by atoms with Crippen molar-refractivity contribution in [3.05, 3.63) is 35.9 Å². The molecule has 1 fully saturated rings. The fourth-order valence-electron chi connectivity index (χ4n) is 3.90. The lowest BCUT2D eigenvalue weighted by Gasteiger charge is -2.47. The van der Waals surface area contributed by atoms with Crippen LogP contribution in [-0.2, 0) is 15.2 Å². The van der Waals surface area contributed by atoms with Gasteiger partial charge < -0.3 is 14.9 Å². The Labute approximate surface area is 160 Å². The molecular formula is C20H28N4O3. The quantitative estimate of drug-likeness (QED) is 0.810. The molecule has 1 aromatic rings. The zero-order valence-electron chi connectivity index (χ0n) is 16.0. The average molecular weight is 372 g/mol. The molecule has 1 aromatic carbocycles. The second-order valence-electron chi connectivity index (χ2n) is 7.57. The second-order valence-corrected chi connectivity index (χ2v) is 7.57. The van der Waals surface area contributed by atoms with Crippen LogP contribution in [0.2, 0.25) is 0 Å². The molecule has 2 atom stereocenters. The number of nitrogens with one attached hydrogen (secondary N) is 1. The first-order valence-electron chi connectivity index (χ1n) is 9.46. The first-order chi connectivity index (χ1) is 12.9. The number of likely N-dealkylation sites (N-methyl/N-ethyl adjacent to an activating group) is 1. The average Bonchev–Trinajstić information content (AvgIpc) is 2.68. The normalized spacial score (nSPS) is 25.9. The van der Waals surface area contributed by atoms with Crippen molar-refractivity contribution < 1.29 is 14.7 Å². The maximum atomic E-state index is 12.7. The fraction of sp³-hybridized carbons (Fsp3) is 0.550. The highest BCUT2D eigenvalue weighted by Crippen LogP contribution is 2.35. The highest BCUT2D eigenvalue weighted by atomic mass is 16.3. The van der Waals surface area contributed by atoms with Crippen LogP contribution in [0, 0.1) is 0 Å². The van der Waals surface area contributed by atoms with E-state index in [0.717, 1.165) is 11.3 Å². The van der Waals surface area contributed by atoms with Crippen LogP contribution in [0.25, 0.3) is 0 Å². The SMILES string of the molecule is CN(C)[C@@H]1CN(C(=O)CCC2=NNC(=O)CC2)CC[C@]1(O)c1ccccc1. The van der Waals surface area contributed by atoms with E-state index in [1.54, 1.807) is 0 Å². The van der Waals surface area contributed by atoms with E-state index >= 15 is 0 Å². The molecule has 2 N–H and O–H groups in total. The summed E-state index contributed by atoms with van der Waals surface area (Å²) in [4.78, 5) is 27.7. The number of hydrogen-bond acceptors (Lipinski definition) is 5. The number of benzene rings is 1. The van der Waals surface area contributed by atoms with Crippen LogP contribution in [0.1, 0.15) is 37.7 Å². The summed E-state index contributed by atoms with van der Waals surface area (Å²) in [5.74, 6) is -0.00769. The van der Waals surface area contributed by atoms with Gasteiger partial charge >= 0.3 is 0 Å². The van der Waals surface area contributed by atoms with Crippen molar-refractivity contribution in [2.45, 2.75) is 43.7 Å². The van der Waals surface area contributed by atoms with E-state index in [1.807, 2.05) is 54.2 Å². The van der Waals surface area contributed by atoms with Crippen molar-refractivity contribution >= 4 is 17.5 Å². The molecule has 3 rings (SSSR count). The second kappa shape index (κ2) is 8.19. The van der Waals surface area contributed by atoms with Gasteiger partial charge in [0, 0.05) is 31.6 Å². The Balaban J connectivity index is 1.64. The van der Waals surface area contributed by atoms with E-state index < -0.39 is 5.60 Å². The lowest BCUT2D eigenvalue weighted by Crippen LogP contribution is -2.60. The zero-order chi connectivity index (χ0) is 19.4. The Hall–Kier alpha value is -2.25. The minimum Gasteiger partial charge on any atom is -0.383 e. The molecule has 0 saturated carbocycles. The molecule has 27 heavy (non-hydrogen) atoms. The maximum absolute atomic E-state index is 12.7. The van der Waals surface area contributed by atoms with Crippen molar-refractivity contribution in [3.63, 3.8) is 0 Å². The molecule has 2 aliphatic rings. The van der Waals surface area contributed by atoms with Gasteiger partial charge in [-0.3, -0.25) is 9.59 Å². The highest BCUT2D eigenvalue weighted by molar-refractivity contribution is 5.94. The highest BCUT2D eigenvalue weighted by Gasteiger charge is 2.44. The van der Waals surface area contributed by atoms with E-state index in [9.17, 15) is 14.7 Å². The molecular weight excluding hydrogens is 344 g/mol. The minimum atomic E-state index is -0.973. The number of likely N-dealkylation sites (tertiary alicyclic amines) is 1. The molecule has 0 bridgehead atoms. The molecule has 2 amide bonds. The van der Waals surface area contributed by atoms with Gasteiger partial charge in [-0.1, -0.05) is 30.3 Å². The van der Waals surface area contributed by atoms with Crippen molar-refractivity contribution in [3.8, 4) is 0 Å².